The van der Waals surface area contributed by atoms with E-state index < -0.39 is 0 Å². The van der Waals surface area contributed by atoms with Crippen molar-refractivity contribution in [2.45, 2.75) is 58.0 Å². The lowest BCUT2D eigenvalue weighted by Gasteiger charge is -2.35. The van der Waals surface area contributed by atoms with Crippen molar-refractivity contribution in [3.63, 3.8) is 0 Å². The number of rotatable bonds is 6. The van der Waals surface area contributed by atoms with Gasteiger partial charge in [-0.25, -0.2) is 0 Å². The minimum Gasteiger partial charge on any atom is -0.494 e. The normalized spacial score (nSPS) is 20.0. The Labute approximate surface area is 174 Å². The Morgan fingerprint density at radius 2 is 1.72 bits per heavy atom. The lowest BCUT2D eigenvalue weighted by Crippen LogP contribution is -2.52. The molecule has 0 aliphatic carbocycles. The van der Waals surface area contributed by atoms with Crippen molar-refractivity contribution in [2.24, 2.45) is 0 Å². The van der Waals surface area contributed by atoms with Gasteiger partial charge in [0.05, 0.1) is 6.61 Å². The molecule has 0 N–H and O–H groups in total. The second-order valence-corrected chi connectivity index (χ2v) is 8.93. The molecule has 0 radical (unpaired) electrons. The molecule has 29 heavy (non-hydrogen) atoms. The zero-order valence-electron chi connectivity index (χ0n) is 18.0. The van der Waals surface area contributed by atoms with Crippen molar-refractivity contribution in [3.05, 3.63) is 29.8 Å². The van der Waals surface area contributed by atoms with Crippen LogP contribution in [-0.2, 0) is 19.7 Å². The van der Waals surface area contributed by atoms with Crippen molar-refractivity contribution < 1.29 is 19.1 Å². The van der Waals surface area contributed by atoms with E-state index in [9.17, 15) is 9.59 Å². The van der Waals surface area contributed by atoms with E-state index in [2.05, 4.69) is 32.9 Å². The van der Waals surface area contributed by atoms with Crippen LogP contribution in [0.25, 0.3) is 0 Å². The molecule has 3 rings (SSSR count). The number of hydrogen-bond donors (Lipinski definition) is 0. The van der Waals surface area contributed by atoms with E-state index in [1.165, 1.54) is 5.56 Å². The van der Waals surface area contributed by atoms with Crippen LogP contribution in [0.1, 0.15) is 52.0 Å². The first-order valence-electron chi connectivity index (χ1n) is 10.8. The third kappa shape index (κ3) is 5.95. The molecule has 0 spiro atoms. The monoisotopic (exact) mass is 402 g/mol. The molecule has 2 amide bonds. The average molecular weight is 403 g/mol. The molecular weight excluding hydrogens is 368 g/mol. The second-order valence-electron chi connectivity index (χ2n) is 8.93. The Kier molecular flexibility index (Phi) is 7.17. The SMILES string of the molecule is CC(C)(C)c1ccc(OCCCC(=O)N2CCN(C(=O)C3CCCO3)CC2)cc1. The Balaban J connectivity index is 1.33. The highest BCUT2D eigenvalue weighted by Crippen LogP contribution is 2.24. The fourth-order valence-corrected chi connectivity index (χ4v) is 3.77. The summed E-state index contributed by atoms with van der Waals surface area (Å²) >= 11 is 0. The molecule has 2 saturated heterocycles. The van der Waals surface area contributed by atoms with Crippen LogP contribution in [0.3, 0.4) is 0 Å². The average Bonchev–Trinajstić information content (AvgIpc) is 3.25. The van der Waals surface area contributed by atoms with Crippen LogP contribution in [0.5, 0.6) is 5.75 Å². The molecule has 2 aliphatic rings. The molecule has 1 unspecified atom stereocenters. The number of hydrogen-bond acceptors (Lipinski definition) is 4. The van der Waals surface area contributed by atoms with E-state index in [4.69, 9.17) is 9.47 Å². The molecule has 2 heterocycles. The summed E-state index contributed by atoms with van der Waals surface area (Å²) < 4.78 is 11.3. The molecule has 1 aromatic rings. The summed E-state index contributed by atoms with van der Waals surface area (Å²) in [5.74, 6) is 1.06. The van der Waals surface area contributed by atoms with Crippen molar-refractivity contribution in [1.29, 1.82) is 0 Å². The van der Waals surface area contributed by atoms with Crippen LogP contribution in [0.15, 0.2) is 24.3 Å². The Bertz CT molecular complexity index is 682. The molecule has 6 heteroatoms. The summed E-state index contributed by atoms with van der Waals surface area (Å²) in [4.78, 5) is 28.5. The molecule has 0 saturated carbocycles. The van der Waals surface area contributed by atoms with Gasteiger partial charge in [-0.1, -0.05) is 32.9 Å². The van der Waals surface area contributed by atoms with Gasteiger partial charge < -0.3 is 19.3 Å². The lowest BCUT2D eigenvalue weighted by atomic mass is 9.87. The number of ether oxygens (including phenoxy) is 2. The summed E-state index contributed by atoms with van der Waals surface area (Å²) in [5.41, 5.74) is 1.40. The zero-order valence-corrected chi connectivity index (χ0v) is 18.0. The Hall–Kier alpha value is -2.08. The minimum atomic E-state index is -0.271. The largest absolute Gasteiger partial charge is 0.494 e. The van der Waals surface area contributed by atoms with E-state index in [-0.39, 0.29) is 23.3 Å². The van der Waals surface area contributed by atoms with Crippen molar-refractivity contribution >= 4 is 11.8 Å². The number of carbonyl (C=O) groups excluding carboxylic acids is 2. The van der Waals surface area contributed by atoms with Crippen LogP contribution in [0.4, 0.5) is 0 Å². The van der Waals surface area contributed by atoms with E-state index in [1.807, 2.05) is 21.9 Å². The summed E-state index contributed by atoms with van der Waals surface area (Å²) in [6, 6.07) is 8.18. The first kappa shape index (κ1) is 21.6. The van der Waals surface area contributed by atoms with Gasteiger partial charge in [-0.05, 0) is 42.4 Å². The number of piperazine rings is 1. The van der Waals surface area contributed by atoms with Gasteiger partial charge in [0.25, 0.3) is 5.91 Å². The van der Waals surface area contributed by atoms with E-state index in [1.54, 1.807) is 0 Å². The maximum Gasteiger partial charge on any atom is 0.251 e. The maximum atomic E-state index is 12.4. The summed E-state index contributed by atoms with van der Waals surface area (Å²) in [6.07, 6.45) is 2.66. The summed E-state index contributed by atoms with van der Waals surface area (Å²) in [7, 11) is 0. The highest BCUT2D eigenvalue weighted by atomic mass is 16.5. The second kappa shape index (κ2) is 9.61. The number of amides is 2. The summed E-state index contributed by atoms with van der Waals surface area (Å²) in [5, 5.41) is 0. The third-order valence-corrected chi connectivity index (χ3v) is 5.67. The van der Waals surface area contributed by atoms with Gasteiger partial charge in [-0.3, -0.25) is 9.59 Å². The van der Waals surface area contributed by atoms with Gasteiger partial charge in [-0.15, -0.1) is 0 Å². The molecule has 160 valence electrons. The molecule has 1 aromatic carbocycles. The highest BCUT2D eigenvalue weighted by Gasteiger charge is 2.31. The molecule has 1 atom stereocenters. The molecule has 6 nitrogen and oxygen atoms in total. The summed E-state index contributed by atoms with van der Waals surface area (Å²) in [6.45, 7) is 10.2. The van der Waals surface area contributed by atoms with Crippen LogP contribution >= 0.6 is 0 Å². The predicted octanol–water partition coefficient (Wildman–Crippen LogP) is 2.99. The smallest absolute Gasteiger partial charge is 0.251 e. The van der Waals surface area contributed by atoms with Crippen molar-refractivity contribution in [2.75, 3.05) is 39.4 Å². The minimum absolute atomic E-state index is 0.0838. The molecule has 0 bridgehead atoms. The number of benzene rings is 1. The van der Waals surface area contributed by atoms with Crippen LogP contribution in [-0.4, -0.2) is 67.1 Å². The zero-order chi connectivity index (χ0) is 20.9. The lowest BCUT2D eigenvalue weighted by molar-refractivity contribution is -0.146. The number of nitrogens with zero attached hydrogens (tertiary/aromatic N) is 2. The van der Waals surface area contributed by atoms with Gasteiger partial charge in [0.2, 0.25) is 5.91 Å². The fraction of sp³-hybridized carbons (Fsp3) is 0.652. The maximum absolute atomic E-state index is 12.4. The van der Waals surface area contributed by atoms with E-state index in [0.29, 0.717) is 52.2 Å². The van der Waals surface area contributed by atoms with Crippen molar-refractivity contribution in [3.8, 4) is 5.75 Å². The fourth-order valence-electron chi connectivity index (χ4n) is 3.77. The molecular formula is C23H34N2O4. The first-order chi connectivity index (χ1) is 13.8. The molecule has 0 aromatic heterocycles. The van der Waals surface area contributed by atoms with Gasteiger partial charge in [0, 0.05) is 39.2 Å². The standard InChI is InChI=1S/C23H34N2O4/c1-23(2,3)18-8-10-19(11-9-18)28-16-5-7-21(26)24-12-14-25(15-13-24)22(27)20-6-4-17-29-20/h8-11,20H,4-7,12-17H2,1-3H3. The van der Waals surface area contributed by atoms with Gasteiger partial charge in [0.15, 0.2) is 0 Å². The quantitative estimate of drug-likeness (QED) is 0.687. The van der Waals surface area contributed by atoms with Crippen molar-refractivity contribution in [1.82, 2.24) is 9.80 Å². The van der Waals surface area contributed by atoms with E-state index >= 15 is 0 Å². The topological polar surface area (TPSA) is 59.1 Å². The molecule has 2 fully saturated rings. The third-order valence-electron chi connectivity index (χ3n) is 5.67. The Morgan fingerprint density at radius 1 is 1.07 bits per heavy atom. The predicted molar refractivity (Wildman–Crippen MR) is 112 cm³/mol. The van der Waals surface area contributed by atoms with Gasteiger partial charge in [0.1, 0.15) is 11.9 Å². The highest BCUT2D eigenvalue weighted by molar-refractivity contribution is 5.82. The van der Waals surface area contributed by atoms with Crippen LogP contribution in [0, 0.1) is 0 Å². The van der Waals surface area contributed by atoms with E-state index in [0.717, 1.165) is 18.6 Å². The first-order valence-corrected chi connectivity index (χ1v) is 10.8. The van der Waals surface area contributed by atoms with Crippen LogP contribution < -0.4 is 4.74 Å². The van der Waals surface area contributed by atoms with Gasteiger partial charge in [-0.2, -0.15) is 0 Å². The Morgan fingerprint density at radius 3 is 2.31 bits per heavy atom. The molecule has 2 aliphatic heterocycles. The number of carbonyl (C=O) groups is 2. The van der Waals surface area contributed by atoms with Crippen LogP contribution in [0.2, 0.25) is 0 Å². The van der Waals surface area contributed by atoms with Gasteiger partial charge >= 0.3 is 0 Å².